The Balaban J connectivity index is 2.44. The van der Waals surface area contributed by atoms with Gasteiger partial charge in [-0.25, -0.2) is 0 Å². The molecule has 2 N–H and O–H groups in total. The molecular weight excluding hydrogens is 319 g/mol. The number of guanidine groups is 1. The van der Waals surface area contributed by atoms with Gasteiger partial charge in [-0.1, -0.05) is 25.1 Å². The van der Waals surface area contributed by atoms with E-state index in [4.69, 9.17) is 4.74 Å². The molecule has 0 amide bonds. The van der Waals surface area contributed by atoms with Crippen LogP contribution in [0.15, 0.2) is 29.3 Å². The Labute approximate surface area is 141 Å². The van der Waals surface area contributed by atoms with Gasteiger partial charge in [-0.2, -0.15) is 13.2 Å². The van der Waals surface area contributed by atoms with Crippen molar-refractivity contribution in [2.45, 2.75) is 31.9 Å². The average molecular weight is 345 g/mol. The number of nitrogens with zero attached hydrogens (tertiary/aromatic N) is 1. The van der Waals surface area contributed by atoms with Gasteiger partial charge in [-0.3, -0.25) is 4.99 Å². The van der Waals surface area contributed by atoms with Gasteiger partial charge in [0.1, 0.15) is 0 Å². The van der Waals surface area contributed by atoms with Crippen LogP contribution in [-0.4, -0.2) is 39.8 Å². The predicted octanol–water partition coefficient (Wildman–Crippen LogP) is 3.40. The van der Waals surface area contributed by atoms with Crippen LogP contribution >= 0.6 is 0 Å². The van der Waals surface area contributed by atoms with Crippen LogP contribution in [0.1, 0.15) is 36.8 Å². The second-order valence-corrected chi connectivity index (χ2v) is 5.59. The number of ether oxygens (including phenoxy) is 1. The number of nitrogens with one attached hydrogen (secondary N) is 2. The van der Waals surface area contributed by atoms with Crippen LogP contribution in [0.3, 0.4) is 0 Å². The molecule has 4 nitrogen and oxygen atoms in total. The fourth-order valence-electron chi connectivity index (χ4n) is 2.24. The molecule has 0 spiro atoms. The molecule has 0 bridgehead atoms. The van der Waals surface area contributed by atoms with Gasteiger partial charge in [0.25, 0.3) is 0 Å². The zero-order chi connectivity index (χ0) is 18.0. The molecule has 0 saturated carbocycles. The summed E-state index contributed by atoms with van der Waals surface area (Å²) >= 11 is 0. The molecule has 0 aliphatic heterocycles. The summed E-state index contributed by atoms with van der Waals surface area (Å²) in [5.74, 6) is 0.703. The van der Waals surface area contributed by atoms with Gasteiger partial charge in [-0.15, -0.1) is 0 Å². The van der Waals surface area contributed by atoms with E-state index in [-0.39, 0.29) is 5.92 Å². The molecule has 0 aliphatic carbocycles. The zero-order valence-electron chi connectivity index (χ0n) is 14.4. The van der Waals surface area contributed by atoms with E-state index in [1.807, 2.05) is 6.92 Å². The number of hydrogen-bond donors (Lipinski definition) is 2. The Morgan fingerprint density at radius 2 is 1.96 bits per heavy atom. The molecular formula is C17H26F3N3O. The molecule has 0 aromatic heterocycles. The molecule has 1 aromatic carbocycles. The Kier molecular flexibility index (Phi) is 8.60. The van der Waals surface area contributed by atoms with Gasteiger partial charge in [0, 0.05) is 33.9 Å². The first kappa shape index (κ1) is 20.3. The molecule has 1 unspecified atom stereocenters. The summed E-state index contributed by atoms with van der Waals surface area (Å²) in [5, 5.41) is 6.32. The largest absolute Gasteiger partial charge is 0.416 e. The number of halogens is 3. The lowest BCUT2D eigenvalue weighted by Crippen LogP contribution is -2.38. The van der Waals surface area contributed by atoms with E-state index < -0.39 is 11.7 Å². The third-order valence-corrected chi connectivity index (χ3v) is 3.69. The quantitative estimate of drug-likeness (QED) is 0.431. The molecule has 0 aliphatic rings. The highest BCUT2D eigenvalue weighted by Crippen LogP contribution is 2.31. The lowest BCUT2D eigenvalue weighted by atomic mass is 9.96. The van der Waals surface area contributed by atoms with E-state index >= 15 is 0 Å². The number of benzene rings is 1. The highest BCUT2D eigenvalue weighted by molar-refractivity contribution is 5.79. The van der Waals surface area contributed by atoms with Crippen LogP contribution in [0.5, 0.6) is 0 Å². The molecule has 1 aromatic rings. The number of alkyl halides is 3. The fourth-order valence-corrected chi connectivity index (χ4v) is 2.24. The Bertz CT molecular complexity index is 518. The first-order valence-corrected chi connectivity index (χ1v) is 7.99. The number of hydrogen-bond acceptors (Lipinski definition) is 2. The maximum Gasteiger partial charge on any atom is 0.416 e. The van der Waals surface area contributed by atoms with Crippen molar-refractivity contribution in [1.82, 2.24) is 10.6 Å². The first-order chi connectivity index (χ1) is 11.4. The Hall–Kier alpha value is -1.76. The summed E-state index contributed by atoms with van der Waals surface area (Å²) in [6.45, 7) is 3.97. The molecule has 0 saturated heterocycles. The monoisotopic (exact) mass is 345 g/mol. The summed E-state index contributed by atoms with van der Waals surface area (Å²) in [5.41, 5.74) is 0.0881. The van der Waals surface area contributed by atoms with Crippen molar-refractivity contribution < 1.29 is 17.9 Å². The van der Waals surface area contributed by atoms with Crippen molar-refractivity contribution in [3.63, 3.8) is 0 Å². The second kappa shape index (κ2) is 10.2. The summed E-state index contributed by atoms with van der Waals surface area (Å²) in [7, 11) is 3.34. The average Bonchev–Trinajstić information content (AvgIpc) is 2.56. The SMILES string of the molecule is CN=C(NCCCOC)NCCC(C)c1cccc(C(F)(F)F)c1. The minimum atomic E-state index is -4.30. The van der Waals surface area contributed by atoms with E-state index in [1.54, 1.807) is 20.2 Å². The van der Waals surface area contributed by atoms with E-state index in [0.717, 1.165) is 19.0 Å². The Morgan fingerprint density at radius 1 is 1.25 bits per heavy atom. The lowest BCUT2D eigenvalue weighted by molar-refractivity contribution is -0.137. The highest BCUT2D eigenvalue weighted by atomic mass is 19.4. The van der Waals surface area contributed by atoms with Crippen LogP contribution in [-0.2, 0) is 10.9 Å². The first-order valence-electron chi connectivity index (χ1n) is 7.99. The van der Waals surface area contributed by atoms with Crippen molar-refractivity contribution in [3.05, 3.63) is 35.4 Å². The van der Waals surface area contributed by atoms with Gasteiger partial charge in [0.15, 0.2) is 5.96 Å². The van der Waals surface area contributed by atoms with E-state index in [9.17, 15) is 13.2 Å². The lowest BCUT2D eigenvalue weighted by Gasteiger charge is -2.16. The molecule has 0 heterocycles. The van der Waals surface area contributed by atoms with E-state index in [2.05, 4.69) is 15.6 Å². The minimum absolute atomic E-state index is 0.0198. The molecule has 24 heavy (non-hydrogen) atoms. The predicted molar refractivity (Wildman–Crippen MR) is 90.3 cm³/mol. The smallest absolute Gasteiger partial charge is 0.385 e. The van der Waals surface area contributed by atoms with Gasteiger partial charge in [0.05, 0.1) is 5.56 Å². The topological polar surface area (TPSA) is 45.7 Å². The van der Waals surface area contributed by atoms with Crippen molar-refractivity contribution in [3.8, 4) is 0 Å². The highest BCUT2D eigenvalue weighted by Gasteiger charge is 2.30. The molecule has 0 fully saturated rings. The molecule has 1 atom stereocenters. The van der Waals surface area contributed by atoms with Crippen LogP contribution in [0, 0.1) is 0 Å². The van der Waals surface area contributed by atoms with Crippen molar-refractivity contribution >= 4 is 5.96 Å². The molecule has 136 valence electrons. The van der Waals surface area contributed by atoms with Crippen LogP contribution in [0.25, 0.3) is 0 Å². The van der Waals surface area contributed by atoms with Gasteiger partial charge < -0.3 is 15.4 Å². The van der Waals surface area contributed by atoms with Crippen molar-refractivity contribution in [2.24, 2.45) is 4.99 Å². The number of methoxy groups -OCH3 is 1. The number of aliphatic imine (C=N–C) groups is 1. The van der Waals surface area contributed by atoms with Gasteiger partial charge in [0.2, 0.25) is 0 Å². The standard InChI is InChI=1S/C17H26F3N3O/c1-13(14-6-4-7-15(12-14)17(18,19)20)8-10-23-16(21-2)22-9-5-11-24-3/h4,6-7,12-13H,5,8-11H2,1-3H3,(H2,21,22,23). The zero-order valence-corrected chi connectivity index (χ0v) is 14.4. The van der Waals surface area contributed by atoms with Crippen molar-refractivity contribution in [2.75, 3.05) is 33.9 Å². The summed E-state index contributed by atoms with van der Waals surface area (Å²) < 4.78 is 43.3. The summed E-state index contributed by atoms with van der Waals surface area (Å²) in [6.07, 6.45) is -2.72. The second-order valence-electron chi connectivity index (χ2n) is 5.59. The van der Waals surface area contributed by atoms with Crippen LogP contribution in [0.2, 0.25) is 0 Å². The summed E-state index contributed by atoms with van der Waals surface area (Å²) in [4.78, 5) is 4.11. The maximum absolute atomic E-state index is 12.8. The van der Waals surface area contributed by atoms with Crippen LogP contribution in [0.4, 0.5) is 13.2 Å². The Morgan fingerprint density at radius 3 is 2.58 bits per heavy atom. The molecule has 7 heteroatoms. The molecule has 1 rings (SSSR count). The van der Waals surface area contributed by atoms with Crippen LogP contribution < -0.4 is 10.6 Å². The third-order valence-electron chi connectivity index (χ3n) is 3.69. The molecule has 0 radical (unpaired) electrons. The number of rotatable bonds is 8. The minimum Gasteiger partial charge on any atom is -0.385 e. The van der Waals surface area contributed by atoms with E-state index in [0.29, 0.717) is 31.1 Å². The summed E-state index contributed by atoms with van der Waals surface area (Å²) in [6, 6.07) is 5.51. The fraction of sp³-hybridized carbons (Fsp3) is 0.588. The van der Waals surface area contributed by atoms with Gasteiger partial charge in [-0.05, 0) is 30.4 Å². The maximum atomic E-state index is 12.8. The van der Waals surface area contributed by atoms with Crippen molar-refractivity contribution in [1.29, 1.82) is 0 Å². The normalized spacial score (nSPS) is 13.7. The third kappa shape index (κ3) is 7.21. The van der Waals surface area contributed by atoms with Gasteiger partial charge >= 0.3 is 6.18 Å². The van der Waals surface area contributed by atoms with E-state index in [1.165, 1.54) is 12.1 Å².